The second-order valence-corrected chi connectivity index (χ2v) is 6.09. The summed E-state index contributed by atoms with van der Waals surface area (Å²) in [4.78, 5) is 14.2. The van der Waals surface area contributed by atoms with Gasteiger partial charge in [-0.15, -0.1) is 0 Å². The lowest BCUT2D eigenvalue weighted by Crippen LogP contribution is -2.39. The van der Waals surface area contributed by atoms with Crippen LogP contribution in [-0.4, -0.2) is 29.9 Å². The first kappa shape index (κ1) is 15.0. The molecule has 1 saturated heterocycles. The molecule has 3 rings (SSSR count). The summed E-state index contributed by atoms with van der Waals surface area (Å²) >= 11 is 0. The van der Waals surface area contributed by atoms with Crippen LogP contribution in [0.15, 0.2) is 48.2 Å². The topological polar surface area (TPSA) is 32.3 Å². The summed E-state index contributed by atoms with van der Waals surface area (Å²) in [5.74, 6) is 0.0804. The Morgan fingerprint density at radius 1 is 1.18 bits per heavy atom. The van der Waals surface area contributed by atoms with Crippen molar-refractivity contribution in [3.63, 3.8) is 0 Å². The first-order valence-corrected chi connectivity index (χ1v) is 8.30. The van der Waals surface area contributed by atoms with Crippen LogP contribution < -0.4 is 5.32 Å². The van der Waals surface area contributed by atoms with Crippen molar-refractivity contribution >= 4 is 12.0 Å². The summed E-state index contributed by atoms with van der Waals surface area (Å²) in [6, 6.07) is 10.4. The molecule has 116 valence electrons. The SMILES string of the molecule is O=C(/C=C/c1ccccc1)N1C=C([C@H]2CCCCN2)CCC1. The minimum atomic E-state index is 0.0804. The second kappa shape index (κ2) is 7.41. The number of amides is 1. The highest BCUT2D eigenvalue weighted by atomic mass is 16.2. The van der Waals surface area contributed by atoms with Gasteiger partial charge >= 0.3 is 0 Å². The summed E-state index contributed by atoms with van der Waals surface area (Å²) in [6.45, 7) is 1.93. The van der Waals surface area contributed by atoms with E-state index in [0.717, 1.165) is 31.5 Å². The fourth-order valence-electron chi connectivity index (χ4n) is 3.22. The Balaban J connectivity index is 1.65. The van der Waals surface area contributed by atoms with Crippen molar-refractivity contribution in [3.8, 4) is 0 Å². The van der Waals surface area contributed by atoms with E-state index in [2.05, 4.69) is 11.5 Å². The normalized spacial score (nSPS) is 22.6. The fraction of sp³-hybridized carbons (Fsp3) is 0.421. The second-order valence-electron chi connectivity index (χ2n) is 6.09. The zero-order chi connectivity index (χ0) is 15.2. The van der Waals surface area contributed by atoms with Crippen LogP contribution in [0.4, 0.5) is 0 Å². The lowest BCUT2D eigenvalue weighted by Gasteiger charge is -2.31. The third-order valence-electron chi connectivity index (χ3n) is 4.45. The molecule has 3 heteroatoms. The van der Waals surface area contributed by atoms with Gasteiger partial charge in [0.05, 0.1) is 0 Å². The molecule has 0 aromatic heterocycles. The van der Waals surface area contributed by atoms with Gasteiger partial charge in [0.25, 0.3) is 5.91 Å². The highest BCUT2D eigenvalue weighted by Crippen LogP contribution is 2.23. The predicted molar refractivity (Wildman–Crippen MR) is 90.1 cm³/mol. The van der Waals surface area contributed by atoms with Gasteiger partial charge < -0.3 is 10.2 Å². The minimum Gasteiger partial charge on any atom is -0.316 e. The molecule has 0 saturated carbocycles. The van der Waals surface area contributed by atoms with E-state index in [1.54, 1.807) is 6.08 Å². The van der Waals surface area contributed by atoms with E-state index in [4.69, 9.17) is 0 Å². The Labute approximate surface area is 132 Å². The minimum absolute atomic E-state index is 0.0804. The third-order valence-corrected chi connectivity index (χ3v) is 4.45. The largest absolute Gasteiger partial charge is 0.316 e. The molecule has 2 heterocycles. The van der Waals surface area contributed by atoms with Crippen LogP contribution in [0, 0.1) is 0 Å². The summed E-state index contributed by atoms with van der Waals surface area (Å²) in [5, 5.41) is 3.58. The Morgan fingerprint density at radius 3 is 2.82 bits per heavy atom. The Bertz CT molecular complexity index is 556. The molecule has 1 fully saturated rings. The van der Waals surface area contributed by atoms with Crippen molar-refractivity contribution in [1.82, 2.24) is 10.2 Å². The molecule has 1 atom stereocenters. The van der Waals surface area contributed by atoms with Crippen LogP contribution >= 0.6 is 0 Å². The number of carbonyl (C=O) groups excluding carboxylic acids is 1. The molecule has 0 spiro atoms. The Kier molecular flexibility index (Phi) is 5.07. The van der Waals surface area contributed by atoms with Crippen LogP contribution in [0.25, 0.3) is 6.08 Å². The van der Waals surface area contributed by atoms with Gasteiger partial charge in [-0.05, 0) is 49.4 Å². The third kappa shape index (κ3) is 3.86. The number of benzene rings is 1. The van der Waals surface area contributed by atoms with E-state index in [0.29, 0.717) is 6.04 Å². The summed E-state index contributed by atoms with van der Waals surface area (Å²) in [7, 11) is 0. The maximum atomic E-state index is 12.4. The molecule has 2 aliphatic heterocycles. The van der Waals surface area contributed by atoms with Crippen molar-refractivity contribution < 1.29 is 4.79 Å². The standard InChI is InChI=1S/C19H24N2O/c22-19(12-11-16-7-2-1-3-8-16)21-14-6-9-17(15-21)18-10-4-5-13-20-18/h1-3,7-8,11-12,15,18,20H,4-6,9-10,13-14H2/b12-11+/t18-/m1/s1. The van der Waals surface area contributed by atoms with Gasteiger partial charge in [0.1, 0.15) is 0 Å². The zero-order valence-electron chi connectivity index (χ0n) is 13.0. The number of carbonyl (C=O) groups is 1. The molecule has 0 aliphatic carbocycles. The molecule has 1 aromatic rings. The van der Waals surface area contributed by atoms with Gasteiger partial charge in [-0.25, -0.2) is 0 Å². The van der Waals surface area contributed by atoms with Gasteiger partial charge in [0.15, 0.2) is 0 Å². The van der Waals surface area contributed by atoms with Crippen LogP contribution in [0.5, 0.6) is 0 Å². The van der Waals surface area contributed by atoms with E-state index in [1.165, 1.54) is 24.8 Å². The van der Waals surface area contributed by atoms with Gasteiger partial charge in [-0.2, -0.15) is 0 Å². The first-order chi connectivity index (χ1) is 10.8. The summed E-state index contributed by atoms with van der Waals surface area (Å²) in [6.07, 6.45) is 11.6. The van der Waals surface area contributed by atoms with E-state index in [9.17, 15) is 4.79 Å². The number of piperidine rings is 1. The van der Waals surface area contributed by atoms with E-state index in [-0.39, 0.29) is 5.91 Å². The number of hydrogen-bond acceptors (Lipinski definition) is 2. The van der Waals surface area contributed by atoms with Crippen molar-refractivity contribution in [2.75, 3.05) is 13.1 Å². The quantitative estimate of drug-likeness (QED) is 0.868. The fourth-order valence-corrected chi connectivity index (χ4v) is 3.22. The molecule has 2 aliphatic rings. The summed E-state index contributed by atoms with van der Waals surface area (Å²) in [5.41, 5.74) is 2.46. The number of rotatable bonds is 3. The molecule has 0 bridgehead atoms. The smallest absolute Gasteiger partial charge is 0.250 e. The zero-order valence-corrected chi connectivity index (χ0v) is 13.0. The maximum absolute atomic E-state index is 12.4. The van der Waals surface area contributed by atoms with Crippen LogP contribution in [-0.2, 0) is 4.79 Å². The lowest BCUT2D eigenvalue weighted by atomic mass is 9.93. The van der Waals surface area contributed by atoms with Crippen LogP contribution in [0.3, 0.4) is 0 Å². The van der Waals surface area contributed by atoms with E-state index >= 15 is 0 Å². The van der Waals surface area contributed by atoms with Crippen LogP contribution in [0.2, 0.25) is 0 Å². The molecular weight excluding hydrogens is 272 g/mol. The van der Waals surface area contributed by atoms with E-state index in [1.807, 2.05) is 41.3 Å². The molecule has 3 nitrogen and oxygen atoms in total. The monoisotopic (exact) mass is 296 g/mol. The number of nitrogens with one attached hydrogen (secondary N) is 1. The molecule has 1 aromatic carbocycles. The van der Waals surface area contributed by atoms with Crippen LogP contribution in [0.1, 0.15) is 37.7 Å². The Hall–Kier alpha value is -1.87. The molecule has 0 unspecified atom stereocenters. The van der Waals surface area contributed by atoms with E-state index < -0.39 is 0 Å². The Morgan fingerprint density at radius 2 is 2.05 bits per heavy atom. The van der Waals surface area contributed by atoms with Crippen molar-refractivity contribution in [1.29, 1.82) is 0 Å². The van der Waals surface area contributed by atoms with Crippen molar-refractivity contribution in [3.05, 3.63) is 53.7 Å². The number of hydrogen-bond donors (Lipinski definition) is 1. The van der Waals surface area contributed by atoms with Gasteiger partial charge in [0.2, 0.25) is 0 Å². The lowest BCUT2D eigenvalue weighted by molar-refractivity contribution is -0.123. The van der Waals surface area contributed by atoms with Crippen molar-refractivity contribution in [2.45, 2.75) is 38.1 Å². The molecule has 22 heavy (non-hydrogen) atoms. The first-order valence-electron chi connectivity index (χ1n) is 8.30. The van der Waals surface area contributed by atoms with Gasteiger partial charge in [-0.1, -0.05) is 36.8 Å². The van der Waals surface area contributed by atoms with Crippen molar-refractivity contribution in [2.24, 2.45) is 0 Å². The molecule has 1 amide bonds. The van der Waals surface area contributed by atoms with Gasteiger partial charge in [-0.3, -0.25) is 4.79 Å². The summed E-state index contributed by atoms with van der Waals surface area (Å²) < 4.78 is 0. The molecule has 1 N–H and O–H groups in total. The highest BCUT2D eigenvalue weighted by molar-refractivity contribution is 5.92. The average Bonchev–Trinajstić information content (AvgIpc) is 2.61. The predicted octanol–water partition coefficient (Wildman–Crippen LogP) is 3.35. The molecule has 0 radical (unpaired) electrons. The molecular formula is C19H24N2O. The highest BCUT2D eigenvalue weighted by Gasteiger charge is 2.22. The van der Waals surface area contributed by atoms with Gasteiger partial charge in [0, 0.05) is 24.9 Å². The number of nitrogens with zero attached hydrogens (tertiary/aromatic N) is 1. The average molecular weight is 296 g/mol. The maximum Gasteiger partial charge on any atom is 0.250 e.